The molecular weight excluding hydrogens is 266 g/mol. The molecule has 108 valence electrons. The maximum Gasteiger partial charge on any atom is 0.163 e. The number of aromatic nitrogens is 3. The second-order valence-corrected chi connectivity index (χ2v) is 4.75. The van der Waals surface area contributed by atoms with Crippen LogP contribution in [0.2, 0.25) is 0 Å². The molecule has 0 spiro atoms. The molecule has 3 aromatic rings. The van der Waals surface area contributed by atoms with E-state index in [1.165, 1.54) is 0 Å². The van der Waals surface area contributed by atoms with E-state index in [1.807, 2.05) is 43.3 Å². The summed E-state index contributed by atoms with van der Waals surface area (Å²) in [4.78, 5) is 4.54. The van der Waals surface area contributed by atoms with Crippen LogP contribution >= 0.6 is 0 Å². The Hall–Kier alpha value is -2.40. The number of aliphatic hydroxyl groups excluding tert-OH is 1. The quantitative estimate of drug-likeness (QED) is 0.799. The monoisotopic (exact) mass is 283 g/mol. The number of aryl methyl sites for hydroxylation is 1. The summed E-state index contributed by atoms with van der Waals surface area (Å²) >= 11 is 0. The second-order valence-electron chi connectivity index (χ2n) is 4.75. The summed E-state index contributed by atoms with van der Waals surface area (Å²) in [5, 5.41) is 15.9. The highest BCUT2D eigenvalue weighted by Crippen LogP contribution is 2.29. The molecule has 1 atom stereocenters. The van der Waals surface area contributed by atoms with E-state index in [9.17, 15) is 5.11 Å². The van der Waals surface area contributed by atoms with Crippen LogP contribution < -0.4 is 4.74 Å². The number of para-hydroxylation sites is 1. The molecule has 0 aliphatic rings. The maximum atomic E-state index is 10.7. The minimum Gasteiger partial charge on any atom is -0.493 e. The summed E-state index contributed by atoms with van der Waals surface area (Å²) < 4.78 is 7.01. The minimum absolute atomic E-state index is 0.569. The molecule has 0 saturated heterocycles. The van der Waals surface area contributed by atoms with E-state index in [2.05, 4.69) is 10.1 Å². The number of rotatable bonds is 4. The van der Waals surface area contributed by atoms with Gasteiger partial charge in [-0.2, -0.15) is 5.10 Å². The first-order chi connectivity index (χ1) is 10.2. The molecule has 3 rings (SSSR count). The van der Waals surface area contributed by atoms with Crippen molar-refractivity contribution in [1.82, 2.24) is 14.8 Å². The number of ether oxygens (including phenoxy) is 1. The predicted octanol–water partition coefficient (Wildman–Crippen LogP) is 2.54. The average Bonchev–Trinajstić information content (AvgIpc) is 2.96. The Morgan fingerprint density at radius 2 is 2.05 bits per heavy atom. The Morgan fingerprint density at radius 1 is 1.24 bits per heavy atom. The molecule has 0 fully saturated rings. The second kappa shape index (κ2) is 5.54. The lowest BCUT2D eigenvalue weighted by Crippen LogP contribution is -2.11. The van der Waals surface area contributed by atoms with Crippen molar-refractivity contribution in [2.75, 3.05) is 7.11 Å². The standard InChI is InChI=1S/C16H17N3O2/c1-3-19-15(14(21-2)10-17-19)16(20)13-9-8-11-6-4-5-7-12(11)18-13/h4-10,16,20H,3H2,1-2H3. The zero-order valence-electron chi connectivity index (χ0n) is 12.0. The van der Waals surface area contributed by atoms with E-state index in [4.69, 9.17) is 4.74 Å². The molecule has 0 aliphatic carbocycles. The van der Waals surface area contributed by atoms with Gasteiger partial charge in [0, 0.05) is 11.9 Å². The third-order valence-corrected chi connectivity index (χ3v) is 3.52. The van der Waals surface area contributed by atoms with Crippen molar-refractivity contribution in [3.63, 3.8) is 0 Å². The van der Waals surface area contributed by atoms with E-state index < -0.39 is 6.10 Å². The highest BCUT2D eigenvalue weighted by atomic mass is 16.5. The summed E-state index contributed by atoms with van der Waals surface area (Å²) in [7, 11) is 1.57. The fourth-order valence-electron chi connectivity index (χ4n) is 2.44. The van der Waals surface area contributed by atoms with Gasteiger partial charge in [-0.15, -0.1) is 0 Å². The van der Waals surface area contributed by atoms with Crippen molar-refractivity contribution in [2.24, 2.45) is 0 Å². The van der Waals surface area contributed by atoms with E-state index in [0.717, 1.165) is 10.9 Å². The maximum absolute atomic E-state index is 10.7. The number of hydrogen-bond donors (Lipinski definition) is 1. The molecule has 5 nitrogen and oxygen atoms in total. The third-order valence-electron chi connectivity index (χ3n) is 3.52. The van der Waals surface area contributed by atoms with Gasteiger partial charge in [-0.1, -0.05) is 24.3 Å². The van der Waals surface area contributed by atoms with Gasteiger partial charge in [-0.05, 0) is 19.1 Å². The SMILES string of the molecule is CCn1ncc(OC)c1C(O)c1ccc2ccccc2n1. The summed E-state index contributed by atoms with van der Waals surface area (Å²) in [6.45, 7) is 2.62. The Balaban J connectivity index is 2.07. The van der Waals surface area contributed by atoms with Gasteiger partial charge in [0.05, 0.1) is 24.5 Å². The molecule has 2 heterocycles. The molecule has 1 N–H and O–H groups in total. The lowest BCUT2D eigenvalue weighted by Gasteiger charge is -2.14. The Kier molecular flexibility index (Phi) is 3.58. The zero-order chi connectivity index (χ0) is 14.8. The fraction of sp³-hybridized carbons (Fsp3) is 0.250. The third kappa shape index (κ3) is 2.36. The smallest absolute Gasteiger partial charge is 0.163 e. The van der Waals surface area contributed by atoms with Crippen LogP contribution in [-0.2, 0) is 6.54 Å². The molecule has 0 radical (unpaired) electrons. The fourth-order valence-corrected chi connectivity index (χ4v) is 2.44. The van der Waals surface area contributed by atoms with Gasteiger partial charge in [-0.3, -0.25) is 4.68 Å². The van der Waals surface area contributed by atoms with Crippen LogP contribution in [-0.4, -0.2) is 27.0 Å². The molecular formula is C16H17N3O2. The summed E-state index contributed by atoms with van der Waals surface area (Å²) in [6, 6.07) is 11.6. The number of pyridine rings is 1. The van der Waals surface area contributed by atoms with E-state index in [0.29, 0.717) is 23.7 Å². The molecule has 1 unspecified atom stereocenters. The molecule has 1 aromatic carbocycles. The Labute approximate surface area is 122 Å². The first-order valence-electron chi connectivity index (χ1n) is 6.88. The van der Waals surface area contributed by atoms with Crippen molar-refractivity contribution >= 4 is 10.9 Å². The average molecular weight is 283 g/mol. The van der Waals surface area contributed by atoms with Crippen LogP contribution in [0.3, 0.4) is 0 Å². The van der Waals surface area contributed by atoms with E-state index in [-0.39, 0.29) is 0 Å². The van der Waals surface area contributed by atoms with Crippen LogP contribution in [0.25, 0.3) is 10.9 Å². The molecule has 0 aliphatic heterocycles. The first-order valence-corrected chi connectivity index (χ1v) is 6.88. The van der Waals surface area contributed by atoms with E-state index in [1.54, 1.807) is 18.0 Å². The van der Waals surface area contributed by atoms with Gasteiger partial charge in [0.25, 0.3) is 0 Å². The van der Waals surface area contributed by atoms with Crippen molar-refractivity contribution in [3.05, 3.63) is 54.0 Å². The number of aliphatic hydroxyl groups is 1. The molecule has 2 aromatic heterocycles. The zero-order valence-corrected chi connectivity index (χ0v) is 12.0. The van der Waals surface area contributed by atoms with Crippen LogP contribution in [0.15, 0.2) is 42.6 Å². The lowest BCUT2D eigenvalue weighted by molar-refractivity contribution is 0.198. The molecule has 0 bridgehead atoms. The number of nitrogens with zero attached hydrogens (tertiary/aromatic N) is 3. The van der Waals surface area contributed by atoms with Crippen LogP contribution in [0, 0.1) is 0 Å². The van der Waals surface area contributed by atoms with Gasteiger partial charge in [0.1, 0.15) is 11.8 Å². The van der Waals surface area contributed by atoms with Crippen molar-refractivity contribution < 1.29 is 9.84 Å². The number of hydrogen-bond acceptors (Lipinski definition) is 4. The van der Waals surface area contributed by atoms with Gasteiger partial charge in [0.2, 0.25) is 0 Å². The topological polar surface area (TPSA) is 60.2 Å². The van der Waals surface area contributed by atoms with Gasteiger partial charge in [0.15, 0.2) is 5.75 Å². The van der Waals surface area contributed by atoms with Gasteiger partial charge in [-0.25, -0.2) is 4.98 Å². The van der Waals surface area contributed by atoms with Crippen molar-refractivity contribution in [1.29, 1.82) is 0 Å². The summed E-state index contributed by atoms with van der Waals surface area (Å²) in [5.41, 5.74) is 2.07. The number of benzene rings is 1. The molecule has 0 saturated carbocycles. The highest BCUT2D eigenvalue weighted by Gasteiger charge is 2.22. The van der Waals surface area contributed by atoms with Gasteiger partial charge >= 0.3 is 0 Å². The van der Waals surface area contributed by atoms with Crippen LogP contribution in [0.4, 0.5) is 0 Å². The number of methoxy groups -OCH3 is 1. The minimum atomic E-state index is -0.869. The van der Waals surface area contributed by atoms with E-state index >= 15 is 0 Å². The van der Waals surface area contributed by atoms with Gasteiger partial charge < -0.3 is 9.84 Å². The summed E-state index contributed by atoms with van der Waals surface area (Å²) in [6.07, 6.45) is 0.746. The van der Waals surface area contributed by atoms with Crippen molar-refractivity contribution in [3.8, 4) is 5.75 Å². The first kappa shape index (κ1) is 13.6. The van der Waals surface area contributed by atoms with Crippen LogP contribution in [0.5, 0.6) is 5.75 Å². The lowest BCUT2D eigenvalue weighted by atomic mass is 10.1. The molecule has 0 amide bonds. The Morgan fingerprint density at radius 3 is 2.81 bits per heavy atom. The normalized spacial score (nSPS) is 12.5. The number of fused-ring (bicyclic) bond motifs is 1. The van der Waals surface area contributed by atoms with Crippen LogP contribution in [0.1, 0.15) is 24.4 Å². The largest absolute Gasteiger partial charge is 0.493 e. The Bertz CT molecular complexity index is 746. The van der Waals surface area contributed by atoms with Crippen molar-refractivity contribution in [2.45, 2.75) is 19.6 Å². The highest BCUT2D eigenvalue weighted by molar-refractivity contribution is 5.78. The molecule has 5 heteroatoms. The predicted molar refractivity (Wildman–Crippen MR) is 80.3 cm³/mol. The summed E-state index contributed by atoms with van der Waals surface area (Å²) in [5.74, 6) is 0.569. The molecule has 21 heavy (non-hydrogen) atoms.